The van der Waals surface area contributed by atoms with Crippen LogP contribution < -0.4 is 11.1 Å². The van der Waals surface area contributed by atoms with Crippen molar-refractivity contribution in [2.24, 2.45) is 5.73 Å². The van der Waals surface area contributed by atoms with Crippen molar-refractivity contribution in [1.82, 2.24) is 4.90 Å². The summed E-state index contributed by atoms with van der Waals surface area (Å²) in [5.41, 5.74) is 6.83. The Hall–Kier alpha value is -1.99. The van der Waals surface area contributed by atoms with Gasteiger partial charge in [0.1, 0.15) is 11.6 Å². The molecule has 1 aromatic carbocycles. The number of nitrogens with one attached hydrogen (secondary N) is 1. The van der Waals surface area contributed by atoms with Crippen LogP contribution in [-0.4, -0.2) is 48.0 Å². The minimum absolute atomic E-state index is 0.0856. The first kappa shape index (κ1) is 15.4. The van der Waals surface area contributed by atoms with E-state index in [-0.39, 0.29) is 29.8 Å². The average Bonchev–Trinajstić information content (AvgIpc) is 2.47. The molecule has 1 saturated heterocycles. The zero-order valence-corrected chi connectivity index (χ0v) is 12.3. The Labute approximate surface area is 128 Å². The number of nitrogens with two attached hydrogens (primary N) is 1. The quantitative estimate of drug-likeness (QED) is 0.774. The maximum Gasteiger partial charge on any atom is 0.248 e. The van der Waals surface area contributed by atoms with Crippen molar-refractivity contribution in [2.45, 2.75) is 6.42 Å². The van der Waals surface area contributed by atoms with E-state index >= 15 is 0 Å². The number of morpholine rings is 1. The molecule has 0 radical (unpaired) electrons. The molecule has 2 amide bonds. The molecule has 1 heterocycles. The minimum Gasteiger partial charge on any atom is -0.389 e. The van der Waals surface area contributed by atoms with Gasteiger partial charge in [-0.3, -0.25) is 9.59 Å². The van der Waals surface area contributed by atoms with Crippen LogP contribution in [0.15, 0.2) is 24.3 Å². The molecule has 112 valence electrons. The van der Waals surface area contributed by atoms with Crippen LogP contribution in [0.25, 0.3) is 0 Å². The molecule has 0 spiro atoms. The summed E-state index contributed by atoms with van der Waals surface area (Å²) in [5.74, 6) is -0.268. The number of amides is 2. The molecule has 6 nitrogen and oxygen atoms in total. The molecule has 7 heteroatoms. The molecule has 1 aromatic rings. The van der Waals surface area contributed by atoms with E-state index in [1.807, 2.05) is 0 Å². The third-order valence-corrected chi connectivity index (χ3v) is 3.38. The standard InChI is InChI=1S/C14H17N3O3S/c15-14(21)10-3-1-2-4-11(10)16-12(18)5-6-17-7-8-20-9-13(17)19/h1-4H,5-9H2,(H2,15,21)(H,16,18). The summed E-state index contributed by atoms with van der Waals surface area (Å²) in [7, 11) is 0. The molecule has 0 aromatic heterocycles. The van der Waals surface area contributed by atoms with E-state index in [1.54, 1.807) is 29.2 Å². The largest absolute Gasteiger partial charge is 0.389 e. The van der Waals surface area contributed by atoms with Gasteiger partial charge in [-0.25, -0.2) is 0 Å². The van der Waals surface area contributed by atoms with Crippen molar-refractivity contribution in [3.63, 3.8) is 0 Å². The third kappa shape index (κ3) is 4.24. The minimum atomic E-state index is -0.182. The number of benzene rings is 1. The van der Waals surface area contributed by atoms with E-state index in [9.17, 15) is 9.59 Å². The summed E-state index contributed by atoms with van der Waals surface area (Å²) >= 11 is 4.94. The fraction of sp³-hybridized carbons (Fsp3) is 0.357. The number of ether oxygens (including phenoxy) is 1. The lowest BCUT2D eigenvalue weighted by atomic mass is 10.1. The van der Waals surface area contributed by atoms with Crippen LogP contribution in [0.4, 0.5) is 5.69 Å². The topological polar surface area (TPSA) is 84.7 Å². The van der Waals surface area contributed by atoms with Crippen LogP contribution in [0.2, 0.25) is 0 Å². The van der Waals surface area contributed by atoms with Gasteiger partial charge in [-0.15, -0.1) is 0 Å². The molecule has 3 N–H and O–H groups in total. The SMILES string of the molecule is NC(=S)c1ccccc1NC(=O)CCN1CCOCC1=O. The van der Waals surface area contributed by atoms with Crippen molar-refractivity contribution < 1.29 is 14.3 Å². The highest BCUT2D eigenvalue weighted by molar-refractivity contribution is 7.80. The van der Waals surface area contributed by atoms with Gasteiger partial charge in [0.2, 0.25) is 11.8 Å². The first-order chi connectivity index (χ1) is 10.1. The van der Waals surface area contributed by atoms with Crippen LogP contribution >= 0.6 is 12.2 Å². The number of hydrogen-bond donors (Lipinski definition) is 2. The van der Waals surface area contributed by atoms with Crippen molar-refractivity contribution in [1.29, 1.82) is 0 Å². The Morgan fingerprint density at radius 2 is 2.19 bits per heavy atom. The van der Waals surface area contributed by atoms with Crippen molar-refractivity contribution in [3.8, 4) is 0 Å². The predicted molar refractivity (Wildman–Crippen MR) is 83.0 cm³/mol. The summed E-state index contributed by atoms with van der Waals surface area (Å²) in [6, 6.07) is 7.09. The summed E-state index contributed by atoms with van der Waals surface area (Å²) < 4.78 is 5.04. The number of anilines is 1. The fourth-order valence-corrected chi connectivity index (χ4v) is 2.22. The molecule has 0 bridgehead atoms. The van der Waals surface area contributed by atoms with Crippen molar-refractivity contribution in [3.05, 3.63) is 29.8 Å². The van der Waals surface area contributed by atoms with Gasteiger partial charge in [-0.2, -0.15) is 0 Å². The van der Waals surface area contributed by atoms with Crippen LogP contribution in [-0.2, 0) is 14.3 Å². The Kier molecular flexibility index (Phi) is 5.24. The van der Waals surface area contributed by atoms with Gasteiger partial charge in [0, 0.05) is 25.1 Å². The second-order valence-corrected chi connectivity index (χ2v) is 5.08. The van der Waals surface area contributed by atoms with Gasteiger partial charge >= 0.3 is 0 Å². The average molecular weight is 307 g/mol. The zero-order chi connectivity index (χ0) is 15.2. The highest BCUT2D eigenvalue weighted by Gasteiger charge is 2.19. The molecule has 21 heavy (non-hydrogen) atoms. The number of thiocarbonyl (C=S) groups is 1. The second kappa shape index (κ2) is 7.14. The van der Waals surface area contributed by atoms with E-state index < -0.39 is 0 Å². The van der Waals surface area contributed by atoms with E-state index in [2.05, 4.69) is 5.32 Å². The van der Waals surface area contributed by atoms with E-state index in [0.717, 1.165) is 0 Å². The Balaban J connectivity index is 1.90. The van der Waals surface area contributed by atoms with Gasteiger partial charge in [-0.05, 0) is 12.1 Å². The summed E-state index contributed by atoms with van der Waals surface area (Å²) in [6.07, 6.45) is 0.220. The van der Waals surface area contributed by atoms with Gasteiger partial charge < -0.3 is 20.7 Å². The first-order valence-electron chi connectivity index (χ1n) is 6.62. The zero-order valence-electron chi connectivity index (χ0n) is 11.5. The van der Waals surface area contributed by atoms with Crippen LogP contribution in [0.1, 0.15) is 12.0 Å². The molecule has 0 unspecified atom stereocenters. The molecule has 1 aliphatic heterocycles. The highest BCUT2D eigenvalue weighted by atomic mass is 32.1. The third-order valence-electron chi connectivity index (χ3n) is 3.16. The van der Waals surface area contributed by atoms with Crippen LogP contribution in [0.3, 0.4) is 0 Å². The lowest BCUT2D eigenvalue weighted by molar-refractivity contribution is -0.142. The maximum atomic E-state index is 12.0. The second-order valence-electron chi connectivity index (χ2n) is 4.64. The highest BCUT2D eigenvalue weighted by Crippen LogP contribution is 2.15. The summed E-state index contributed by atoms with van der Waals surface area (Å²) in [5, 5.41) is 2.77. The number of carbonyl (C=O) groups is 2. The molecular weight excluding hydrogens is 290 g/mol. The molecule has 1 fully saturated rings. The van der Waals surface area contributed by atoms with Crippen molar-refractivity contribution in [2.75, 3.05) is 31.6 Å². The normalized spacial score (nSPS) is 14.9. The maximum absolute atomic E-state index is 12.0. The molecular formula is C14H17N3O3S. The van der Waals surface area contributed by atoms with E-state index in [0.29, 0.717) is 30.9 Å². The Bertz CT molecular complexity index is 562. The van der Waals surface area contributed by atoms with Gasteiger partial charge in [0.25, 0.3) is 0 Å². The smallest absolute Gasteiger partial charge is 0.248 e. The number of para-hydroxylation sites is 1. The summed E-state index contributed by atoms with van der Waals surface area (Å²) in [6.45, 7) is 1.50. The number of carbonyl (C=O) groups excluding carboxylic acids is 2. The first-order valence-corrected chi connectivity index (χ1v) is 7.03. The predicted octanol–water partition coefficient (Wildman–Crippen LogP) is 0.508. The summed E-state index contributed by atoms with van der Waals surface area (Å²) in [4.78, 5) is 25.4. The van der Waals surface area contributed by atoms with E-state index in [4.69, 9.17) is 22.7 Å². The lowest BCUT2D eigenvalue weighted by Crippen LogP contribution is -2.42. The molecule has 0 aliphatic carbocycles. The fourth-order valence-electron chi connectivity index (χ4n) is 2.04. The van der Waals surface area contributed by atoms with Crippen LogP contribution in [0, 0.1) is 0 Å². The number of hydrogen-bond acceptors (Lipinski definition) is 4. The number of rotatable bonds is 5. The number of nitrogens with zero attached hydrogens (tertiary/aromatic N) is 1. The molecule has 2 rings (SSSR count). The Morgan fingerprint density at radius 1 is 1.43 bits per heavy atom. The Morgan fingerprint density at radius 3 is 2.90 bits per heavy atom. The molecule has 0 saturated carbocycles. The molecule has 1 aliphatic rings. The van der Waals surface area contributed by atoms with Crippen molar-refractivity contribution >= 4 is 34.7 Å². The van der Waals surface area contributed by atoms with Crippen LogP contribution in [0.5, 0.6) is 0 Å². The van der Waals surface area contributed by atoms with E-state index in [1.165, 1.54) is 0 Å². The monoisotopic (exact) mass is 307 g/mol. The lowest BCUT2D eigenvalue weighted by Gasteiger charge is -2.26. The molecule has 0 atom stereocenters. The van der Waals surface area contributed by atoms with Gasteiger partial charge in [-0.1, -0.05) is 24.4 Å². The van der Waals surface area contributed by atoms with Gasteiger partial charge in [0.05, 0.1) is 12.3 Å². The van der Waals surface area contributed by atoms with Gasteiger partial charge in [0.15, 0.2) is 0 Å².